The Labute approximate surface area is 97.4 Å². The number of amides is 2. The van der Waals surface area contributed by atoms with Crippen molar-refractivity contribution in [1.29, 1.82) is 0 Å². The lowest BCUT2D eigenvalue weighted by Gasteiger charge is -2.21. The molecule has 0 aliphatic heterocycles. The van der Waals surface area contributed by atoms with Crippen LogP contribution in [-0.2, 0) is 9.59 Å². The van der Waals surface area contributed by atoms with Crippen LogP contribution in [0.2, 0.25) is 0 Å². The lowest BCUT2D eigenvalue weighted by Crippen LogP contribution is -2.46. The lowest BCUT2D eigenvalue weighted by atomic mass is 10.1. The molecule has 0 radical (unpaired) electrons. The number of hydrogen-bond acceptors (Lipinski definition) is 3. The number of carbonyl (C=O) groups excluding carboxylic acids is 2. The van der Waals surface area contributed by atoms with E-state index in [1.807, 2.05) is 20.8 Å². The van der Waals surface area contributed by atoms with Gasteiger partial charge in [-0.1, -0.05) is 13.3 Å². The van der Waals surface area contributed by atoms with Crippen molar-refractivity contribution in [2.45, 2.75) is 45.7 Å². The molecular weight excluding hydrogens is 206 g/mol. The second kappa shape index (κ2) is 7.22. The van der Waals surface area contributed by atoms with Gasteiger partial charge in [-0.15, -0.1) is 0 Å². The van der Waals surface area contributed by atoms with E-state index in [0.29, 0.717) is 6.42 Å². The highest BCUT2D eigenvalue weighted by Gasteiger charge is 2.19. The van der Waals surface area contributed by atoms with Gasteiger partial charge in [-0.2, -0.15) is 0 Å². The van der Waals surface area contributed by atoms with Gasteiger partial charge in [0.2, 0.25) is 11.8 Å². The molecular formula is C11H23N3O2. The van der Waals surface area contributed by atoms with Gasteiger partial charge in [-0.25, -0.2) is 0 Å². The molecule has 0 aromatic heterocycles. The van der Waals surface area contributed by atoms with Crippen molar-refractivity contribution in [2.24, 2.45) is 5.73 Å². The summed E-state index contributed by atoms with van der Waals surface area (Å²) in [6.45, 7) is 5.79. The molecule has 0 saturated heterocycles. The van der Waals surface area contributed by atoms with E-state index in [1.165, 1.54) is 4.90 Å². The lowest BCUT2D eigenvalue weighted by molar-refractivity contribution is -0.136. The predicted octanol–water partition coefficient (Wildman–Crippen LogP) is 0.0968. The Hall–Kier alpha value is -1.10. The molecule has 3 N–H and O–H groups in total. The molecule has 0 aromatic rings. The zero-order chi connectivity index (χ0) is 12.7. The highest BCUT2D eigenvalue weighted by atomic mass is 16.2. The molecule has 1 atom stereocenters. The Morgan fingerprint density at radius 3 is 2.38 bits per heavy atom. The number of hydrogen-bond donors (Lipinski definition) is 2. The third kappa shape index (κ3) is 5.70. The van der Waals surface area contributed by atoms with Crippen molar-refractivity contribution >= 4 is 11.8 Å². The highest BCUT2D eigenvalue weighted by Crippen LogP contribution is 1.98. The molecule has 0 rings (SSSR count). The Morgan fingerprint density at radius 2 is 1.94 bits per heavy atom. The zero-order valence-electron chi connectivity index (χ0n) is 10.6. The first-order valence-corrected chi connectivity index (χ1v) is 5.68. The van der Waals surface area contributed by atoms with Crippen LogP contribution in [0, 0.1) is 0 Å². The number of nitrogens with two attached hydrogens (primary N) is 1. The third-order valence-electron chi connectivity index (χ3n) is 2.12. The normalized spacial score (nSPS) is 12.4. The maximum absolute atomic E-state index is 11.7. The van der Waals surface area contributed by atoms with Crippen molar-refractivity contribution in [2.75, 3.05) is 13.6 Å². The van der Waals surface area contributed by atoms with Crippen LogP contribution >= 0.6 is 0 Å². The zero-order valence-corrected chi connectivity index (χ0v) is 10.6. The van der Waals surface area contributed by atoms with Crippen LogP contribution in [0.1, 0.15) is 33.6 Å². The first kappa shape index (κ1) is 14.9. The smallest absolute Gasteiger partial charge is 0.239 e. The van der Waals surface area contributed by atoms with E-state index in [-0.39, 0.29) is 24.4 Å². The minimum Gasteiger partial charge on any atom is -0.352 e. The second-order valence-electron chi connectivity index (χ2n) is 4.31. The van der Waals surface area contributed by atoms with Crippen LogP contribution in [0.5, 0.6) is 0 Å². The van der Waals surface area contributed by atoms with Gasteiger partial charge in [0.15, 0.2) is 0 Å². The number of nitrogens with zero attached hydrogens (tertiary/aromatic N) is 1. The average molecular weight is 229 g/mol. The Morgan fingerprint density at radius 1 is 1.38 bits per heavy atom. The summed E-state index contributed by atoms with van der Waals surface area (Å²) >= 11 is 0. The molecule has 1 unspecified atom stereocenters. The quantitative estimate of drug-likeness (QED) is 0.678. The largest absolute Gasteiger partial charge is 0.352 e. The third-order valence-corrected chi connectivity index (χ3v) is 2.12. The SMILES string of the molecule is CCCC(N)C(=O)N(C)CC(=O)NC(C)C. The van der Waals surface area contributed by atoms with Gasteiger partial charge in [0.1, 0.15) is 0 Å². The fourth-order valence-corrected chi connectivity index (χ4v) is 1.38. The van der Waals surface area contributed by atoms with Crippen LogP contribution in [0.4, 0.5) is 0 Å². The van der Waals surface area contributed by atoms with Crippen LogP contribution in [0.15, 0.2) is 0 Å². The van der Waals surface area contributed by atoms with Crippen LogP contribution in [-0.4, -0.2) is 42.4 Å². The molecule has 0 heterocycles. The highest BCUT2D eigenvalue weighted by molar-refractivity contribution is 5.87. The number of likely N-dealkylation sites (N-methyl/N-ethyl adjacent to an activating group) is 1. The summed E-state index contributed by atoms with van der Waals surface area (Å²) in [7, 11) is 1.60. The van der Waals surface area contributed by atoms with Crippen LogP contribution < -0.4 is 11.1 Å². The van der Waals surface area contributed by atoms with Crippen molar-refractivity contribution in [1.82, 2.24) is 10.2 Å². The number of rotatable bonds is 6. The summed E-state index contributed by atoms with van der Waals surface area (Å²) in [6, 6.07) is -0.415. The van der Waals surface area contributed by atoms with E-state index >= 15 is 0 Å². The molecule has 0 aliphatic carbocycles. The molecule has 0 fully saturated rings. The molecule has 2 amide bonds. The monoisotopic (exact) mass is 229 g/mol. The van der Waals surface area contributed by atoms with Crippen LogP contribution in [0.3, 0.4) is 0 Å². The van der Waals surface area contributed by atoms with E-state index in [4.69, 9.17) is 5.73 Å². The maximum Gasteiger partial charge on any atom is 0.239 e. The standard InChI is InChI=1S/C11H23N3O2/c1-5-6-9(12)11(16)14(4)7-10(15)13-8(2)3/h8-9H,5-7,12H2,1-4H3,(H,13,15). The topological polar surface area (TPSA) is 75.4 Å². The summed E-state index contributed by atoms with van der Waals surface area (Å²) < 4.78 is 0. The predicted molar refractivity (Wildman–Crippen MR) is 63.8 cm³/mol. The average Bonchev–Trinajstić information content (AvgIpc) is 2.15. The molecule has 0 spiro atoms. The molecule has 94 valence electrons. The summed E-state index contributed by atoms with van der Waals surface area (Å²) in [5, 5.41) is 2.73. The van der Waals surface area contributed by atoms with Gasteiger partial charge in [0, 0.05) is 13.1 Å². The van der Waals surface area contributed by atoms with Crippen LogP contribution in [0.25, 0.3) is 0 Å². The first-order valence-electron chi connectivity index (χ1n) is 5.68. The maximum atomic E-state index is 11.7. The summed E-state index contributed by atoms with van der Waals surface area (Å²) in [4.78, 5) is 24.5. The van der Waals surface area contributed by atoms with Gasteiger partial charge >= 0.3 is 0 Å². The van der Waals surface area contributed by atoms with E-state index in [1.54, 1.807) is 7.05 Å². The summed E-state index contributed by atoms with van der Waals surface area (Å²) in [5.41, 5.74) is 5.68. The van der Waals surface area contributed by atoms with Crippen molar-refractivity contribution in [3.05, 3.63) is 0 Å². The molecule has 16 heavy (non-hydrogen) atoms. The number of nitrogens with one attached hydrogen (secondary N) is 1. The van der Waals surface area contributed by atoms with E-state index in [0.717, 1.165) is 6.42 Å². The Balaban J connectivity index is 4.09. The van der Waals surface area contributed by atoms with Crippen molar-refractivity contribution in [3.63, 3.8) is 0 Å². The molecule has 5 nitrogen and oxygen atoms in total. The molecule has 0 saturated carbocycles. The second-order valence-corrected chi connectivity index (χ2v) is 4.31. The minimum atomic E-state index is -0.498. The first-order chi connectivity index (χ1) is 7.38. The molecule has 0 aromatic carbocycles. The fourth-order valence-electron chi connectivity index (χ4n) is 1.38. The fraction of sp³-hybridized carbons (Fsp3) is 0.818. The summed E-state index contributed by atoms with van der Waals surface area (Å²) in [6.07, 6.45) is 1.51. The number of carbonyl (C=O) groups is 2. The van der Waals surface area contributed by atoms with E-state index in [2.05, 4.69) is 5.32 Å². The molecule has 5 heteroatoms. The van der Waals surface area contributed by atoms with Gasteiger partial charge in [-0.05, 0) is 20.3 Å². The minimum absolute atomic E-state index is 0.0639. The molecule has 0 bridgehead atoms. The van der Waals surface area contributed by atoms with Crippen molar-refractivity contribution in [3.8, 4) is 0 Å². The van der Waals surface area contributed by atoms with Gasteiger partial charge in [0.25, 0.3) is 0 Å². The summed E-state index contributed by atoms with van der Waals surface area (Å²) in [5.74, 6) is -0.338. The van der Waals surface area contributed by atoms with E-state index in [9.17, 15) is 9.59 Å². The molecule has 0 aliphatic rings. The Bertz CT molecular complexity index is 241. The van der Waals surface area contributed by atoms with Gasteiger partial charge in [-0.3, -0.25) is 9.59 Å². The van der Waals surface area contributed by atoms with E-state index < -0.39 is 6.04 Å². The van der Waals surface area contributed by atoms with Gasteiger partial charge < -0.3 is 16.0 Å². The van der Waals surface area contributed by atoms with Gasteiger partial charge in [0.05, 0.1) is 12.6 Å². The van der Waals surface area contributed by atoms with Crippen molar-refractivity contribution < 1.29 is 9.59 Å². The Kier molecular flexibility index (Phi) is 6.72.